The van der Waals surface area contributed by atoms with Gasteiger partial charge in [0.15, 0.2) is 17.1 Å². The molecule has 0 aliphatic carbocycles. The summed E-state index contributed by atoms with van der Waals surface area (Å²) >= 11 is 9.97. The normalized spacial score (nSPS) is 14.3. The maximum Gasteiger partial charge on any atom is 0.269 e. The van der Waals surface area contributed by atoms with Crippen molar-refractivity contribution in [3.05, 3.63) is 100 Å². The zero-order valence-corrected chi connectivity index (χ0v) is 22.2. The minimum absolute atomic E-state index is 0.148. The largest absolute Gasteiger partial charge is 0.485 e. The number of para-hydroxylation sites is 2. The molecule has 1 aliphatic heterocycles. The van der Waals surface area contributed by atoms with E-state index < -0.39 is 6.10 Å². The number of carbonyl (C=O) groups excluding carboxylic acids is 1. The van der Waals surface area contributed by atoms with Gasteiger partial charge in [-0.3, -0.25) is 4.79 Å². The van der Waals surface area contributed by atoms with Crippen molar-refractivity contribution in [1.29, 1.82) is 0 Å². The van der Waals surface area contributed by atoms with Gasteiger partial charge in [-0.25, -0.2) is 4.98 Å². The second-order valence-corrected chi connectivity index (χ2v) is 9.90. The molecule has 5 aromatic rings. The molecule has 8 nitrogen and oxygen atoms in total. The Morgan fingerprint density at radius 2 is 1.87 bits per heavy atom. The Labute approximate surface area is 231 Å². The molecule has 190 valence electrons. The molecule has 0 saturated heterocycles. The average Bonchev–Trinajstić information content (AvgIpc) is 3.32. The third-order valence-electron chi connectivity index (χ3n) is 6.05. The van der Waals surface area contributed by atoms with E-state index in [1.807, 2.05) is 72.8 Å². The molecule has 1 amide bonds. The van der Waals surface area contributed by atoms with Crippen molar-refractivity contribution in [2.75, 3.05) is 17.2 Å². The highest BCUT2D eigenvalue weighted by Crippen LogP contribution is 2.32. The summed E-state index contributed by atoms with van der Waals surface area (Å²) in [7, 11) is 0. The molecule has 1 aliphatic rings. The van der Waals surface area contributed by atoms with E-state index in [1.54, 1.807) is 16.8 Å². The number of nitrogens with zero attached hydrogens (tertiary/aromatic N) is 3. The molecule has 0 fully saturated rings. The summed E-state index contributed by atoms with van der Waals surface area (Å²) in [6, 6.07) is 24.4. The summed E-state index contributed by atoms with van der Waals surface area (Å²) in [6.45, 7) is 0.633. The third kappa shape index (κ3) is 4.90. The monoisotopic (exact) mass is 589 g/mol. The van der Waals surface area contributed by atoms with Gasteiger partial charge in [-0.2, -0.15) is 9.61 Å². The number of nitrogens with one attached hydrogen (secondary N) is 2. The van der Waals surface area contributed by atoms with Crippen LogP contribution in [0.3, 0.4) is 0 Å². The van der Waals surface area contributed by atoms with Crippen molar-refractivity contribution in [1.82, 2.24) is 14.6 Å². The van der Waals surface area contributed by atoms with Gasteiger partial charge in [0.1, 0.15) is 12.4 Å². The van der Waals surface area contributed by atoms with Gasteiger partial charge >= 0.3 is 0 Å². The van der Waals surface area contributed by atoms with Gasteiger partial charge in [-0.05, 0) is 51.8 Å². The average molecular weight is 591 g/mol. The van der Waals surface area contributed by atoms with Gasteiger partial charge in [0.25, 0.3) is 5.91 Å². The quantitative estimate of drug-likeness (QED) is 0.245. The molecule has 2 aromatic heterocycles. The number of rotatable bonds is 6. The lowest BCUT2D eigenvalue weighted by atomic mass is 10.1. The molecule has 3 heterocycles. The van der Waals surface area contributed by atoms with E-state index >= 15 is 0 Å². The second-order valence-electron chi connectivity index (χ2n) is 8.64. The van der Waals surface area contributed by atoms with Gasteiger partial charge in [0, 0.05) is 28.9 Å². The lowest BCUT2D eigenvalue weighted by Crippen LogP contribution is -2.40. The molecule has 1 atom stereocenters. The predicted octanol–water partition coefficient (Wildman–Crippen LogP) is 6.20. The molecular formula is C28H21BrClN5O3. The van der Waals surface area contributed by atoms with Crippen LogP contribution in [0.2, 0.25) is 5.02 Å². The number of carbonyl (C=O) groups is 1. The fourth-order valence-corrected chi connectivity index (χ4v) is 4.77. The van der Waals surface area contributed by atoms with E-state index in [0.717, 1.165) is 27.1 Å². The van der Waals surface area contributed by atoms with Gasteiger partial charge in [-0.15, -0.1) is 0 Å². The number of halogens is 2. The first-order valence-electron chi connectivity index (χ1n) is 11.9. The summed E-state index contributed by atoms with van der Waals surface area (Å²) in [4.78, 5) is 17.6. The molecule has 0 radical (unpaired) electrons. The van der Waals surface area contributed by atoms with Crippen LogP contribution in [-0.2, 0) is 11.3 Å². The highest BCUT2D eigenvalue weighted by atomic mass is 79.9. The predicted molar refractivity (Wildman–Crippen MR) is 150 cm³/mol. The number of hydrogen-bond acceptors (Lipinski definition) is 6. The van der Waals surface area contributed by atoms with Gasteiger partial charge in [0.2, 0.25) is 6.10 Å². The maximum absolute atomic E-state index is 12.9. The number of benzene rings is 3. The first kappa shape index (κ1) is 24.3. The molecule has 38 heavy (non-hydrogen) atoms. The Balaban J connectivity index is 1.19. The molecule has 0 spiro atoms. The van der Waals surface area contributed by atoms with Crippen molar-refractivity contribution < 1.29 is 14.3 Å². The molecule has 0 saturated carbocycles. The van der Waals surface area contributed by atoms with Crippen LogP contribution in [0.15, 0.2) is 89.5 Å². The van der Waals surface area contributed by atoms with E-state index in [2.05, 4.69) is 31.7 Å². The Morgan fingerprint density at radius 1 is 1.05 bits per heavy atom. The van der Waals surface area contributed by atoms with Crippen LogP contribution in [0.25, 0.3) is 16.9 Å². The van der Waals surface area contributed by atoms with Crippen molar-refractivity contribution in [2.45, 2.75) is 12.6 Å². The smallest absolute Gasteiger partial charge is 0.269 e. The third-order valence-corrected chi connectivity index (χ3v) is 6.94. The van der Waals surface area contributed by atoms with Crippen LogP contribution in [-0.4, -0.2) is 33.2 Å². The molecular weight excluding hydrogens is 570 g/mol. The van der Waals surface area contributed by atoms with Crippen LogP contribution < -0.4 is 20.1 Å². The van der Waals surface area contributed by atoms with Crippen LogP contribution in [0, 0.1) is 0 Å². The summed E-state index contributed by atoms with van der Waals surface area (Å²) in [5, 5.41) is 11.4. The highest BCUT2D eigenvalue weighted by Gasteiger charge is 2.27. The first-order chi connectivity index (χ1) is 18.5. The zero-order valence-electron chi connectivity index (χ0n) is 19.9. The summed E-state index contributed by atoms with van der Waals surface area (Å²) < 4.78 is 14.0. The van der Waals surface area contributed by atoms with E-state index in [1.165, 1.54) is 0 Å². The van der Waals surface area contributed by atoms with Crippen molar-refractivity contribution in [3.63, 3.8) is 0 Å². The Kier molecular flexibility index (Phi) is 6.61. The Morgan fingerprint density at radius 3 is 2.74 bits per heavy atom. The molecule has 6 rings (SSSR count). The van der Waals surface area contributed by atoms with Crippen LogP contribution >= 0.6 is 27.5 Å². The second kappa shape index (κ2) is 10.4. The van der Waals surface area contributed by atoms with E-state index in [9.17, 15) is 4.79 Å². The van der Waals surface area contributed by atoms with E-state index in [4.69, 9.17) is 26.1 Å². The van der Waals surface area contributed by atoms with Crippen LogP contribution in [0.4, 0.5) is 11.5 Å². The molecule has 1 unspecified atom stereocenters. The number of hydrogen-bond donors (Lipinski definition) is 2. The maximum atomic E-state index is 12.9. The first-order valence-corrected chi connectivity index (χ1v) is 13.0. The number of anilines is 2. The summed E-state index contributed by atoms with van der Waals surface area (Å²) in [5.74, 6) is 1.67. The zero-order chi connectivity index (χ0) is 26.1. The molecule has 10 heteroatoms. The standard InChI is InChI=1S/C28H21BrClN5O3/c29-20-15-32-35-26(13-22(34-27(20)35)19-8-1-2-9-21(19)30)31-14-17-6-5-7-18(12-17)33-28(36)25-16-37-23-10-3-4-11-24(23)38-25/h1-13,15,25,31H,14,16H2,(H,33,36). The number of fused-ring (bicyclic) bond motifs is 2. The lowest BCUT2D eigenvalue weighted by Gasteiger charge is -2.25. The van der Waals surface area contributed by atoms with Crippen molar-refractivity contribution in [2.24, 2.45) is 0 Å². The van der Waals surface area contributed by atoms with Crippen LogP contribution in [0.1, 0.15) is 5.56 Å². The number of ether oxygens (including phenoxy) is 2. The fraction of sp³-hybridized carbons (Fsp3) is 0.107. The SMILES string of the molecule is O=C(Nc1cccc(CNc2cc(-c3ccccc3Cl)nc3c(Br)cnn23)c1)C1COc2ccccc2O1. The van der Waals surface area contributed by atoms with Gasteiger partial charge < -0.3 is 20.1 Å². The molecule has 3 aromatic carbocycles. The highest BCUT2D eigenvalue weighted by molar-refractivity contribution is 9.10. The fourth-order valence-electron chi connectivity index (χ4n) is 4.19. The number of amides is 1. The number of aromatic nitrogens is 3. The minimum Gasteiger partial charge on any atom is -0.485 e. The molecule has 0 bridgehead atoms. The summed E-state index contributed by atoms with van der Waals surface area (Å²) in [5.41, 5.74) is 3.85. The Bertz CT molecular complexity index is 1660. The van der Waals surface area contributed by atoms with E-state index in [0.29, 0.717) is 34.4 Å². The Hall–Kier alpha value is -4.08. The van der Waals surface area contributed by atoms with Crippen molar-refractivity contribution >= 4 is 50.6 Å². The van der Waals surface area contributed by atoms with Gasteiger partial charge in [0.05, 0.1) is 16.4 Å². The molecule has 2 N–H and O–H groups in total. The summed E-state index contributed by atoms with van der Waals surface area (Å²) in [6.07, 6.45) is 0.966. The van der Waals surface area contributed by atoms with Crippen molar-refractivity contribution in [3.8, 4) is 22.8 Å². The van der Waals surface area contributed by atoms with Gasteiger partial charge in [-0.1, -0.05) is 54.1 Å². The minimum atomic E-state index is -0.738. The topological polar surface area (TPSA) is 89.8 Å². The van der Waals surface area contributed by atoms with E-state index in [-0.39, 0.29) is 12.5 Å². The lowest BCUT2D eigenvalue weighted by molar-refractivity contribution is -0.125. The van der Waals surface area contributed by atoms with Crippen LogP contribution in [0.5, 0.6) is 11.5 Å².